The molecule has 0 bridgehead atoms. The number of thiazole rings is 1. The molecule has 0 aromatic carbocycles. The molecule has 2 N–H and O–H groups in total. The van der Waals surface area contributed by atoms with Gasteiger partial charge in [0.25, 0.3) is 0 Å². The number of nitrogens with zero attached hydrogens (tertiary/aromatic N) is 4. The zero-order valence-electron chi connectivity index (χ0n) is 11.0. The number of aromatic nitrogens is 3. The molecule has 106 valence electrons. The predicted molar refractivity (Wildman–Crippen MR) is 77.0 cm³/mol. The normalized spacial score (nSPS) is 11.9. The first-order valence-electron chi connectivity index (χ1n) is 6.00. The van der Waals surface area contributed by atoms with E-state index >= 15 is 0 Å². The molecule has 9 heteroatoms. The van der Waals surface area contributed by atoms with Crippen molar-refractivity contribution in [3.63, 3.8) is 0 Å². The first-order valence-corrected chi connectivity index (χ1v) is 6.88. The number of hydrogen-bond donors (Lipinski definition) is 2. The van der Waals surface area contributed by atoms with Crippen molar-refractivity contribution in [2.75, 3.05) is 17.7 Å². The van der Waals surface area contributed by atoms with Crippen LogP contribution in [0.25, 0.3) is 0 Å². The summed E-state index contributed by atoms with van der Waals surface area (Å²) in [5, 5.41) is 19.6. The van der Waals surface area contributed by atoms with Crippen molar-refractivity contribution in [3.8, 4) is 0 Å². The average molecular weight is 294 g/mol. The molecule has 0 aliphatic rings. The van der Waals surface area contributed by atoms with Crippen LogP contribution < -0.4 is 10.6 Å². The smallest absolute Gasteiger partial charge is 0.329 e. The van der Waals surface area contributed by atoms with Gasteiger partial charge in [-0.3, -0.25) is 10.1 Å². The standard InChI is InChI=1S/C11H14N6O2S/c1-3-7(10-13-4-5-20-10)15-9-8(17(18)19)6-14-11(12-2)16-9/h4-7H,3H2,1-2H3,(H2,12,14,15,16). The van der Waals surface area contributed by atoms with Gasteiger partial charge in [0.05, 0.1) is 11.0 Å². The molecule has 0 radical (unpaired) electrons. The number of nitrogens with one attached hydrogen (secondary N) is 2. The van der Waals surface area contributed by atoms with E-state index in [2.05, 4.69) is 25.6 Å². The summed E-state index contributed by atoms with van der Waals surface area (Å²) < 4.78 is 0. The Labute approximate surface area is 119 Å². The molecule has 2 heterocycles. The number of nitro groups is 1. The fourth-order valence-electron chi connectivity index (χ4n) is 1.65. The molecule has 0 saturated carbocycles. The minimum Gasteiger partial charge on any atom is -0.357 e. The summed E-state index contributed by atoms with van der Waals surface area (Å²) in [6.45, 7) is 1.98. The van der Waals surface area contributed by atoms with Crippen LogP contribution in [0.2, 0.25) is 0 Å². The Kier molecular flexibility index (Phi) is 4.41. The van der Waals surface area contributed by atoms with Gasteiger partial charge >= 0.3 is 5.69 Å². The van der Waals surface area contributed by atoms with Crippen LogP contribution in [0.3, 0.4) is 0 Å². The van der Waals surface area contributed by atoms with E-state index in [-0.39, 0.29) is 17.5 Å². The van der Waals surface area contributed by atoms with Gasteiger partial charge in [0.1, 0.15) is 11.2 Å². The van der Waals surface area contributed by atoms with Gasteiger partial charge in [-0.2, -0.15) is 4.98 Å². The highest BCUT2D eigenvalue weighted by molar-refractivity contribution is 7.09. The fraction of sp³-hybridized carbons (Fsp3) is 0.364. The highest BCUT2D eigenvalue weighted by Gasteiger charge is 2.21. The van der Waals surface area contributed by atoms with E-state index in [1.165, 1.54) is 17.5 Å². The molecule has 8 nitrogen and oxygen atoms in total. The lowest BCUT2D eigenvalue weighted by Gasteiger charge is -2.15. The SMILES string of the molecule is CCC(Nc1nc(NC)ncc1[N+](=O)[O-])c1nccs1. The predicted octanol–water partition coefficient (Wildman–Crippen LogP) is 2.45. The second-order valence-corrected chi connectivity index (χ2v) is 4.84. The lowest BCUT2D eigenvalue weighted by molar-refractivity contribution is -0.384. The minimum atomic E-state index is -0.504. The number of hydrogen-bond acceptors (Lipinski definition) is 8. The van der Waals surface area contributed by atoms with E-state index in [4.69, 9.17) is 0 Å². The molecule has 0 spiro atoms. The molecule has 2 aromatic rings. The van der Waals surface area contributed by atoms with Gasteiger partial charge in [-0.15, -0.1) is 11.3 Å². The van der Waals surface area contributed by atoms with Crippen molar-refractivity contribution >= 4 is 28.8 Å². The van der Waals surface area contributed by atoms with Gasteiger partial charge in [0.2, 0.25) is 11.8 Å². The molecule has 1 unspecified atom stereocenters. The zero-order valence-corrected chi connectivity index (χ0v) is 11.8. The van der Waals surface area contributed by atoms with Crippen molar-refractivity contribution in [3.05, 3.63) is 32.9 Å². The van der Waals surface area contributed by atoms with Crippen molar-refractivity contribution < 1.29 is 4.92 Å². The van der Waals surface area contributed by atoms with E-state index in [1.54, 1.807) is 13.2 Å². The van der Waals surface area contributed by atoms with Gasteiger partial charge in [-0.25, -0.2) is 9.97 Å². The summed E-state index contributed by atoms with van der Waals surface area (Å²) in [7, 11) is 1.66. The first-order chi connectivity index (χ1) is 9.65. The Morgan fingerprint density at radius 2 is 2.30 bits per heavy atom. The zero-order chi connectivity index (χ0) is 14.5. The van der Waals surface area contributed by atoms with Crippen LogP contribution in [0, 0.1) is 10.1 Å². The van der Waals surface area contributed by atoms with Gasteiger partial charge in [-0.1, -0.05) is 6.92 Å². The molecular formula is C11H14N6O2S. The highest BCUT2D eigenvalue weighted by atomic mass is 32.1. The van der Waals surface area contributed by atoms with Gasteiger partial charge in [-0.05, 0) is 6.42 Å². The fourth-order valence-corrected chi connectivity index (χ4v) is 2.42. The van der Waals surface area contributed by atoms with Crippen LogP contribution in [0.15, 0.2) is 17.8 Å². The van der Waals surface area contributed by atoms with Crippen molar-refractivity contribution in [1.29, 1.82) is 0 Å². The first kappa shape index (κ1) is 14.1. The molecule has 1 atom stereocenters. The average Bonchev–Trinajstić information content (AvgIpc) is 2.98. The third kappa shape index (κ3) is 2.99. The van der Waals surface area contributed by atoms with Crippen molar-refractivity contribution in [2.24, 2.45) is 0 Å². The van der Waals surface area contributed by atoms with Crippen LogP contribution >= 0.6 is 11.3 Å². The molecule has 0 amide bonds. The highest BCUT2D eigenvalue weighted by Crippen LogP contribution is 2.28. The second-order valence-electron chi connectivity index (χ2n) is 3.91. The van der Waals surface area contributed by atoms with Crippen molar-refractivity contribution in [2.45, 2.75) is 19.4 Å². The van der Waals surface area contributed by atoms with Crippen LogP contribution in [-0.4, -0.2) is 26.9 Å². The van der Waals surface area contributed by atoms with Gasteiger partial charge in [0, 0.05) is 18.6 Å². The Morgan fingerprint density at radius 1 is 1.50 bits per heavy atom. The van der Waals surface area contributed by atoms with E-state index < -0.39 is 4.92 Å². The summed E-state index contributed by atoms with van der Waals surface area (Å²) >= 11 is 1.50. The molecule has 0 fully saturated rings. The lowest BCUT2D eigenvalue weighted by Crippen LogP contribution is -2.13. The quantitative estimate of drug-likeness (QED) is 0.622. The van der Waals surface area contributed by atoms with Crippen LogP contribution in [-0.2, 0) is 0 Å². The molecule has 2 aromatic heterocycles. The molecule has 0 saturated heterocycles. The minimum absolute atomic E-state index is 0.117. The molecule has 2 rings (SSSR count). The molecular weight excluding hydrogens is 280 g/mol. The third-order valence-corrected chi connectivity index (χ3v) is 3.55. The van der Waals surface area contributed by atoms with E-state index in [1.807, 2.05) is 12.3 Å². The summed E-state index contributed by atoms with van der Waals surface area (Å²) in [5.74, 6) is 0.517. The maximum atomic E-state index is 11.0. The molecule has 20 heavy (non-hydrogen) atoms. The Hall–Kier alpha value is -2.29. The summed E-state index contributed by atoms with van der Waals surface area (Å²) in [6.07, 6.45) is 3.64. The summed E-state index contributed by atoms with van der Waals surface area (Å²) in [5.41, 5.74) is -0.154. The molecule has 0 aliphatic carbocycles. The van der Waals surface area contributed by atoms with Crippen LogP contribution in [0.5, 0.6) is 0 Å². The third-order valence-electron chi connectivity index (χ3n) is 2.66. The Morgan fingerprint density at radius 3 is 2.85 bits per heavy atom. The van der Waals surface area contributed by atoms with E-state index in [0.717, 1.165) is 11.4 Å². The van der Waals surface area contributed by atoms with Crippen LogP contribution in [0.4, 0.5) is 17.5 Å². The van der Waals surface area contributed by atoms with Crippen LogP contribution in [0.1, 0.15) is 24.4 Å². The lowest BCUT2D eigenvalue weighted by atomic mass is 10.2. The molecule has 0 aliphatic heterocycles. The number of rotatable bonds is 6. The maximum absolute atomic E-state index is 11.0. The Bertz CT molecular complexity index is 589. The van der Waals surface area contributed by atoms with E-state index in [0.29, 0.717) is 5.95 Å². The summed E-state index contributed by atoms with van der Waals surface area (Å²) in [4.78, 5) is 22.7. The topological polar surface area (TPSA) is 106 Å². The van der Waals surface area contributed by atoms with E-state index in [9.17, 15) is 10.1 Å². The summed E-state index contributed by atoms with van der Waals surface area (Å²) in [6, 6.07) is -0.117. The monoisotopic (exact) mass is 294 g/mol. The maximum Gasteiger partial charge on any atom is 0.329 e. The van der Waals surface area contributed by atoms with Gasteiger partial charge < -0.3 is 10.6 Å². The van der Waals surface area contributed by atoms with Gasteiger partial charge in [0.15, 0.2) is 0 Å². The second kappa shape index (κ2) is 6.24. The van der Waals surface area contributed by atoms with Crippen molar-refractivity contribution in [1.82, 2.24) is 15.0 Å². The number of anilines is 2. The largest absolute Gasteiger partial charge is 0.357 e. The Balaban J connectivity index is 2.33.